The van der Waals surface area contributed by atoms with Gasteiger partial charge in [-0.05, 0) is 26.7 Å². The number of hydrogen-bond acceptors (Lipinski definition) is 5. The number of hydrogen-bond donors (Lipinski definition) is 2. The molecule has 0 aliphatic heterocycles. The summed E-state index contributed by atoms with van der Waals surface area (Å²) < 4.78 is 0. The number of guanidine groups is 1. The van der Waals surface area contributed by atoms with E-state index in [0.717, 1.165) is 49.0 Å². The second-order valence-corrected chi connectivity index (χ2v) is 7.32. The summed E-state index contributed by atoms with van der Waals surface area (Å²) in [4.78, 5) is 14.8. The molecule has 0 atom stereocenters. The van der Waals surface area contributed by atoms with E-state index >= 15 is 0 Å². The van der Waals surface area contributed by atoms with Gasteiger partial charge in [0.1, 0.15) is 5.01 Å². The lowest BCUT2D eigenvalue weighted by molar-refractivity contribution is 0.740. The van der Waals surface area contributed by atoms with Gasteiger partial charge in [0.15, 0.2) is 5.96 Å². The van der Waals surface area contributed by atoms with E-state index < -0.39 is 0 Å². The van der Waals surface area contributed by atoms with Gasteiger partial charge < -0.3 is 10.6 Å². The summed E-state index contributed by atoms with van der Waals surface area (Å²) in [6.45, 7) is 8.64. The molecule has 2 heterocycles. The van der Waals surface area contributed by atoms with Gasteiger partial charge in [-0.2, -0.15) is 0 Å². The lowest BCUT2D eigenvalue weighted by atomic mass is 10.3. The van der Waals surface area contributed by atoms with Gasteiger partial charge in [0.2, 0.25) is 0 Å². The SMILES string of the molecule is CCNC(=NCc1ncc(CC)s1)NCCCc1nc(C)cs1.I. The summed E-state index contributed by atoms with van der Waals surface area (Å²) in [5, 5.41) is 11.0. The Morgan fingerprint density at radius 1 is 1.25 bits per heavy atom. The van der Waals surface area contributed by atoms with E-state index in [2.05, 4.69) is 44.8 Å². The molecule has 2 aromatic heterocycles. The number of rotatable bonds is 8. The molecule has 2 N–H and O–H groups in total. The Kier molecular flexibility index (Phi) is 10.4. The van der Waals surface area contributed by atoms with Crippen molar-refractivity contribution >= 4 is 52.6 Å². The summed E-state index contributed by atoms with van der Waals surface area (Å²) in [6, 6.07) is 0. The molecule has 0 bridgehead atoms. The van der Waals surface area contributed by atoms with Gasteiger partial charge in [-0.3, -0.25) is 0 Å². The van der Waals surface area contributed by atoms with E-state index in [9.17, 15) is 0 Å². The van der Waals surface area contributed by atoms with E-state index in [1.54, 1.807) is 22.7 Å². The van der Waals surface area contributed by atoms with Crippen LogP contribution < -0.4 is 10.6 Å². The van der Waals surface area contributed by atoms with Crippen LogP contribution in [0.3, 0.4) is 0 Å². The van der Waals surface area contributed by atoms with Crippen molar-refractivity contribution < 1.29 is 0 Å². The van der Waals surface area contributed by atoms with Crippen molar-refractivity contribution in [2.24, 2.45) is 4.99 Å². The number of aliphatic imine (C=N–C) groups is 1. The van der Waals surface area contributed by atoms with Crippen molar-refractivity contribution in [2.75, 3.05) is 13.1 Å². The van der Waals surface area contributed by atoms with E-state index in [0.29, 0.717) is 6.54 Å². The normalized spacial score (nSPS) is 11.2. The van der Waals surface area contributed by atoms with Crippen molar-refractivity contribution in [3.63, 3.8) is 0 Å². The number of aromatic nitrogens is 2. The maximum atomic E-state index is 4.61. The van der Waals surface area contributed by atoms with Gasteiger partial charge in [-0.1, -0.05) is 6.92 Å². The van der Waals surface area contributed by atoms with Gasteiger partial charge in [0.25, 0.3) is 0 Å². The molecule has 5 nitrogen and oxygen atoms in total. The second kappa shape index (κ2) is 11.8. The molecule has 0 aliphatic carbocycles. The first-order valence-electron chi connectivity index (χ1n) is 8.08. The number of nitrogens with zero attached hydrogens (tertiary/aromatic N) is 3. The zero-order valence-electron chi connectivity index (χ0n) is 14.5. The molecule has 0 saturated heterocycles. The lowest BCUT2D eigenvalue weighted by Crippen LogP contribution is -2.37. The molecule has 0 spiro atoms. The fourth-order valence-corrected chi connectivity index (χ4v) is 3.64. The van der Waals surface area contributed by atoms with E-state index in [-0.39, 0.29) is 24.0 Å². The van der Waals surface area contributed by atoms with Crippen LogP contribution in [0.15, 0.2) is 16.6 Å². The van der Waals surface area contributed by atoms with Crippen molar-refractivity contribution in [3.05, 3.63) is 32.2 Å². The molecule has 0 radical (unpaired) electrons. The van der Waals surface area contributed by atoms with Crippen LogP contribution in [0.1, 0.15) is 40.9 Å². The highest BCUT2D eigenvalue weighted by Gasteiger charge is 2.02. The molecular weight excluding hydrogens is 453 g/mol. The predicted molar refractivity (Wildman–Crippen MR) is 115 cm³/mol. The molecule has 0 saturated carbocycles. The molecule has 2 rings (SSSR count). The van der Waals surface area contributed by atoms with Crippen LogP contribution >= 0.6 is 46.7 Å². The Labute approximate surface area is 169 Å². The molecule has 0 fully saturated rings. The van der Waals surface area contributed by atoms with Crippen LogP contribution in [-0.4, -0.2) is 29.0 Å². The van der Waals surface area contributed by atoms with Crippen LogP contribution in [0.4, 0.5) is 0 Å². The number of nitrogens with one attached hydrogen (secondary N) is 2. The van der Waals surface area contributed by atoms with Crippen molar-refractivity contribution in [2.45, 2.75) is 46.6 Å². The predicted octanol–water partition coefficient (Wildman–Crippen LogP) is 3.78. The molecule has 0 unspecified atom stereocenters. The minimum absolute atomic E-state index is 0. The van der Waals surface area contributed by atoms with Gasteiger partial charge in [0, 0.05) is 41.7 Å². The number of aryl methyl sites for hydroxylation is 3. The summed E-state index contributed by atoms with van der Waals surface area (Å²) >= 11 is 3.48. The average molecular weight is 479 g/mol. The maximum Gasteiger partial charge on any atom is 0.191 e. The first kappa shape index (κ1) is 21.3. The Balaban J connectivity index is 0.00000288. The summed E-state index contributed by atoms with van der Waals surface area (Å²) in [5.74, 6) is 0.857. The standard InChI is InChI=1S/C16H25N5S2.HI/c1-4-13-9-19-15(23-13)10-20-16(17-5-2)18-8-6-7-14-21-12(3)11-22-14;/h9,11H,4-8,10H2,1-3H3,(H2,17,18,20);1H. The molecule has 0 amide bonds. The van der Waals surface area contributed by atoms with Gasteiger partial charge in [-0.15, -0.1) is 46.7 Å². The van der Waals surface area contributed by atoms with Crippen molar-refractivity contribution in [1.29, 1.82) is 0 Å². The topological polar surface area (TPSA) is 62.2 Å². The van der Waals surface area contributed by atoms with E-state index in [1.165, 1.54) is 9.88 Å². The number of halogens is 1. The van der Waals surface area contributed by atoms with Crippen LogP contribution in [0.2, 0.25) is 0 Å². The zero-order valence-corrected chi connectivity index (χ0v) is 18.4. The summed E-state index contributed by atoms with van der Waals surface area (Å²) in [6.07, 6.45) is 5.05. The fraction of sp³-hybridized carbons (Fsp3) is 0.562. The van der Waals surface area contributed by atoms with Gasteiger partial charge in [0.05, 0.1) is 11.6 Å². The highest BCUT2D eigenvalue weighted by atomic mass is 127. The Hall–Kier alpha value is -0.740. The molecule has 134 valence electrons. The minimum atomic E-state index is 0. The third-order valence-electron chi connectivity index (χ3n) is 3.19. The molecule has 24 heavy (non-hydrogen) atoms. The molecule has 0 aromatic carbocycles. The third-order valence-corrected chi connectivity index (χ3v) is 5.35. The quantitative estimate of drug-likeness (QED) is 0.262. The highest BCUT2D eigenvalue weighted by Crippen LogP contribution is 2.14. The van der Waals surface area contributed by atoms with Gasteiger partial charge in [-0.25, -0.2) is 15.0 Å². The smallest absolute Gasteiger partial charge is 0.191 e. The summed E-state index contributed by atoms with van der Waals surface area (Å²) in [7, 11) is 0. The molecule has 0 aliphatic rings. The van der Waals surface area contributed by atoms with Crippen molar-refractivity contribution in [3.8, 4) is 0 Å². The molecule has 8 heteroatoms. The van der Waals surface area contributed by atoms with Crippen LogP contribution in [0.5, 0.6) is 0 Å². The first-order chi connectivity index (χ1) is 11.2. The maximum absolute atomic E-state index is 4.61. The number of thiazole rings is 2. The molecular formula is C16H26IN5S2. The van der Waals surface area contributed by atoms with Crippen LogP contribution in [0.25, 0.3) is 0 Å². The first-order valence-corrected chi connectivity index (χ1v) is 9.77. The second-order valence-electron chi connectivity index (χ2n) is 5.18. The minimum Gasteiger partial charge on any atom is -0.357 e. The fourth-order valence-electron chi connectivity index (χ4n) is 2.04. The van der Waals surface area contributed by atoms with E-state index in [4.69, 9.17) is 0 Å². The molecule has 2 aromatic rings. The zero-order chi connectivity index (χ0) is 16.5. The van der Waals surface area contributed by atoms with E-state index in [1.807, 2.05) is 13.1 Å². The Bertz CT molecular complexity index is 624. The highest BCUT2D eigenvalue weighted by molar-refractivity contribution is 14.0. The Morgan fingerprint density at radius 2 is 2.08 bits per heavy atom. The Morgan fingerprint density at radius 3 is 2.71 bits per heavy atom. The average Bonchev–Trinajstić information content (AvgIpc) is 3.17. The van der Waals surface area contributed by atoms with Crippen LogP contribution in [-0.2, 0) is 19.4 Å². The van der Waals surface area contributed by atoms with Crippen molar-refractivity contribution in [1.82, 2.24) is 20.6 Å². The monoisotopic (exact) mass is 479 g/mol. The lowest BCUT2D eigenvalue weighted by Gasteiger charge is -2.10. The third kappa shape index (κ3) is 7.43. The van der Waals surface area contributed by atoms with Gasteiger partial charge >= 0.3 is 0 Å². The van der Waals surface area contributed by atoms with Crippen LogP contribution in [0, 0.1) is 6.92 Å². The largest absolute Gasteiger partial charge is 0.357 e. The summed E-state index contributed by atoms with van der Waals surface area (Å²) in [5.41, 5.74) is 1.11.